The number of amides is 4. The Morgan fingerprint density at radius 2 is 1.68 bits per heavy atom. The van der Waals surface area contributed by atoms with Gasteiger partial charge in [-0.2, -0.15) is 13.2 Å². The fraction of sp³-hybridized carbons (Fsp3) is 0.526. The first-order valence-corrected chi connectivity index (χ1v) is 9.16. The zero-order valence-electron chi connectivity index (χ0n) is 15.5. The van der Waals surface area contributed by atoms with E-state index in [-0.39, 0.29) is 6.42 Å². The molecule has 1 aromatic rings. The van der Waals surface area contributed by atoms with E-state index in [1.807, 2.05) is 4.90 Å². The third-order valence-electron chi connectivity index (χ3n) is 6.20. The Hall–Kier alpha value is -2.58. The van der Waals surface area contributed by atoms with Crippen molar-refractivity contribution in [3.05, 3.63) is 29.3 Å². The number of nitrogens with zero attached hydrogens (tertiary/aromatic N) is 3. The number of fused-ring (bicyclic) bond motifs is 4. The molecule has 1 spiro atoms. The number of imide groups is 2. The van der Waals surface area contributed by atoms with Crippen LogP contribution in [-0.2, 0) is 22.2 Å². The zero-order valence-corrected chi connectivity index (χ0v) is 15.5. The Balaban J connectivity index is 1.91. The summed E-state index contributed by atoms with van der Waals surface area (Å²) >= 11 is 0. The first-order chi connectivity index (χ1) is 13.1. The highest BCUT2D eigenvalue weighted by atomic mass is 19.4. The number of barbiturate groups is 1. The molecule has 0 bridgehead atoms. The van der Waals surface area contributed by atoms with Crippen LogP contribution < -0.4 is 4.90 Å². The summed E-state index contributed by atoms with van der Waals surface area (Å²) in [4.78, 5) is 42.4. The highest BCUT2D eigenvalue weighted by molar-refractivity contribution is 6.20. The van der Waals surface area contributed by atoms with Gasteiger partial charge < -0.3 is 4.90 Å². The lowest BCUT2D eigenvalue weighted by Gasteiger charge is -2.54. The molecule has 3 heterocycles. The van der Waals surface area contributed by atoms with Crippen molar-refractivity contribution in [3.63, 3.8) is 0 Å². The molecular formula is C19H20F3N3O3. The minimum atomic E-state index is -4.52. The molecule has 0 saturated carbocycles. The van der Waals surface area contributed by atoms with Gasteiger partial charge in [-0.15, -0.1) is 0 Å². The largest absolute Gasteiger partial charge is 0.416 e. The number of benzene rings is 1. The van der Waals surface area contributed by atoms with E-state index in [4.69, 9.17) is 0 Å². The van der Waals surface area contributed by atoms with Gasteiger partial charge >= 0.3 is 12.2 Å². The van der Waals surface area contributed by atoms with E-state index in [1.165, 1.54) is 20.2 Å². The Morgan fingerprint density at radius 1 is 1.04 bits per heavy atom. The van der Waals surface area contributed by atoms with Crippen LogP contribution in [0.5, 0.6) is 0 Å². The number of anilines is 1. The molecule has 3 aliphatic heterocycles. The summed E-state index contributed by atoms with van der Waals surface area (Å²) in [5, 5.41) is 0. The van der Waals surface area contributed by atoms with Gasteiger partial charge in [-0.25, -0.2) is 4.79 Å². The molecule has 3 aliphatic rings. The van der Waals surface area contributed by atoms with Crippen LogP contribution in [0.15, 0.2) is 18.2 Å². The Morgan fingerprint density at radius 3 is 2.29 bits per heavy atom. The van der Waals surface area contributed by atoms with Crippen molar-refractivity contribution in [2.75, 3.05) is 25.5 Å². The summed E-state index contributed by atoms with van der Waals surface area (Å²) in [6.07, 6.45) is -2.48. The van der Waals surface area contributed by atoms with E-state index in [0.29, 0.717) is 24.2 Å². The average molecular weight is 395 g/mol. The van der Waals surface area contributed by atoms with E-state index in [1.54, 1.807) is 0 Å². The highest BCUT2D eigenvalue weighted by Crippen LogP contribution is 2.49. The van der Waals surface area contributed by atoms with Crippen LogP contribution in [-0.4, -0.2) is 54.3 Å². The fourth-order valence-corrected chi connectivity index (χ4v) is 4.86. The number of piperidine rings is 1. The number of alkyl halides is 3. The summed E-state index contributed by atoms with van der Waals surface area (Å²) in [6, 6.07) is 2.29. The molecule has 0 aliphatic carbocycles. The maximum Gasteiger partial charge on any atom is 0.416 e. The number of hydrogen-bond donors (Lipinski definition) is 0. The SMILES string of the molecule is CN1C(=O)N(C)C(=O)C2(Cc3cc(C(F)(F)F)ccc3N3CCCC[C@@H]32)C1=O. The van der Waals surface area contributed by atoms with Crippen molar-refractivity contribution in [3.8, 4) is 0 Å². The molecule has 2 fully saturated rings. The lowest BCUT2D eigenvalue weighted by molar-refractivity contribution is -0.159. The van der Waals surface area contributed by atoms with Crippen LogP contribution in [0.25, 0.3) is 0 Å². The van der Waals surface area contributed by atoms with Gasteiger partial charge in [0.1, 0.15) is 0 Å². The van der Waals surface area contributed by atoms with Crippen molar-refractivity contribution < 1.29 is 27.6 Å². The lowest BCUT2D eigenvalue weighted by Crippen LogP contribution is -2.72. The number of hydrogen-bond acceptors (Lipinski definition) is 4. The van der Waals surface area contributed by atoms with Gasteiger partial charge in [0.2, 0.25) is 11.8 Å². The highest BCUT2D eigenvalue weighted by Gasteiger charge is 2.63. The van der Waals surface area contributed by atoms with Crippen molar-refractivity contribution >= 4 is 23.5 Å². The normalized spacial score (nSPS) is 24.5. The Labute approximate surface area is 159 Å². The molecule has 6 nitrogen and oxygen atoms in total. The van der Waals surface area contributed by atoms with Crippen LogP contribution in [0.4, 0.5) is 23.7 Å². The maximum absolute atomic E-state index is 13.2. The van der Waals surface area contributed by atoms with Crippen LogP contribution in [0.1, 0.15) is 30.4 Å². The second-order valence-corrected chi connectivity index (χ2v) is 7.71. The Kier molecular flexibility index (Phi) is 3.99. The summed E-state index contributed by atoms with van der Waals surface area (Å²) in [5.41, 5.74) is -1.46. The molecule has 0 unspecified atom stereocenters. The van der Waals surface area contributed by atoms with E-state index >= 15 is 0 Å². The zero-order chi connectivity index (χ0) is 20.4. The Bertz CT molecular complexity index is 859. The maximum atomic E-state index is 13.2. The van der Waals surface area contributed by atoms with Gasteiger partial charge in [-0.3, -0.25) is 19.4 Å². The van der Waals surface area contributed by atoms with E-state index < -0.39 is 41.0 Å². The second-order valence-electron chi connectivity index (χ2n) is 7.71. The average Bonchev–Trinajstić information content (AvgIpc) is 2.68. The second kappa shape index (κ2) is 5.96. The minimum absolute atomic E-state index is 0.146. The molecule has 4 amide bonds. The lowest BCUT2D eigenvalue weighted by atomic mass is 9.65. The molecule has 1 aromatic carbocycles. The van der Waals surface area contributed by atoms with Crippen molar-refractivity contribution in [2.24, 2.45) is 5.41 Å². The van der Waals surface area contributed by atoms with Gasteiger partial charge in [-0.05, 0) is 49.4 Å². The predicted octanol–water partition coefficient (Wildman–Crippen LogP) is 2.66. The van der Waals surface area contributed by atoms with Crippen LogP contribution in [0.3, 0.4) is 0 Å². The number of carbonyl (C=O) groups excluding carboxylic acids is 3. The topological polar surface area (TPSA) is 60.9 Å². The molecule has 0 aromatic heterocycles. The summed E-state index contributed by atoms with van der Waals surface area (Å²) in [7, 11) is 2.62. The third kappa shape index (κ3) is 2.37. The van der Waals surface area contributed by atoms with Crippen LogP contribution in [0, 0.1) is 5.41 Å². The van der Waals surface area contributed by atoms with Gasteiger partial charge in [0.05, 0.1) is 11.6 Å². The first-order valence-electron chi connectivity index (χ1n) is 9.16. The van der Waals surface area contributed by atoms with Gasteiger partial charge in [0, 0.05) is 26.3 Å². The van der Waals surface area contributed by atoms with E-state index in [9.17, 15) is 27.6 Å². The van der Waals surface area contributed by atoms with Crippen LogP contribution in [0.2, 0.25) is 0 Å². The standard InChI is InChI=1S/C19H20F3N3O3/c1-23-15(26)18(16(27)24(2)17(23)28)10-11-9-12(19(20,21)22)6-7-13(11)25-8-4-3-5-14(18)25/h6-7,9,14H,3-5,8,10H2,1-2H3/t14-/m1/s1. The summed E-state index contributed by atoms with van der Waals surface area (Å²) in [5.74, 6) is -1.28. The molecule has 0 N–H and O–H groups in total. The minimum Gasteiger partial charge on any atom is -0.367 e. The monoisotopic (exact) mass is 395 g/mol. The third-order valence-corrected chi connectivity index (χ3v) is 6.20. The van der Waals surface area contributed by atoms with E-state index in [0.717, 1.165) is 34.8 Å². The summed E-state index contributed by atoms with van der Waals surface area (Å²) < 4.78 is 39.7. The number of carbonyl (C=O) groups is 3. The van der Waals surface area contributed by atoms with Crippen LogP contribution >= 0.6 is 0 Å². The molecule has 150 valence electrons. The molecule has 0 radical (unpaired) electrons. The molecule has 9 heteroatoms. The first kappa shape index (κ1) is 18.8. The number of halogens is 3. The molecule has 2 saturated heterocycles. The quantitative estimate of drug-likeness (QED) is 0.634. The summed E-state index contributed by atoms with van der Waals surface area (Å²) in [6.45, 7) is 0.548. The van der Waals surface area contributed by atoms with E-state index in [2.05, 4.69) is 0 Å². The van der Waals surface area contributed by atoms with Crippen molar-refractivity contribution in [2.45, 2.75) is 37.9 Å². The van der Waals surface area contributed by atoms with Crippen molar-refractivity contribution in [1.29, 1.82) is 0 Å². The molecular weight excluding hydrogens is 375 g/mol. The van der Waals surface area contributed by atoms with Gasteiger partial charge in [-0.1, -0.05) is 0 Å². The smallest absolute Gasteiger partial charge is 0.367 e. The number of urea groups is 1. The van der Waals surface area contributed by atoms with Crippen molar-refractivity contribution in [1.82, 2.24) is 9.80 Å². The number of rotatable bonds is 0. The predicted molar refractivity (Wildman–Crippen MR) is 93.5 cm³/mol. The van der Waals surface area contributed by atoms with Gasteiger partial charge in [0.25, 0.3) is 0 Å². The molecule has 28 heavy (non-hydrogen) atoms. The molecule has 4 rings (SSSR count). The molecule has 1 atom stereocenters. The van der Waals surface area contributed by atoms with Gasteiger partial charge in [0.15, 0.2) is 5.41 Å². The fourth-order valence-electron chi connectivity index (χ4n) is 4.86.